The van der Waals surface area contributed by atoms with Gasteiger partial charge in [-0.3, -0.25) is 0 Å². The Kier molecular flexibility index (Phi) is 3.76. The third-order valence-electron chi connectivity index (χ3n) is 2.56. The highest BCUT2D eigenvalue weighted by Crippen LogP contribution is 2.06. The molecule has 0 unspecified atom stereocenters. The van der Waals surface area contributed by atoms with Crippen molar-refractivity contribution in [1.29, 1.82) is 0 Å². The minimum atomic E-state index is -3.14. The van der Waals surface area contributed by atoms with E-state index in [1.54, 1.807) is 7.05 Å². The van der Waals surface area contributed by atoms with Crippen LogP contribution in [0.4, 0.5) is 0 Å². The van der Waals surface area contributed by atoms with Gasteiger partial charge in [0.05, 0.1) is 23.4 Å². The molecule has 1 aromatic heterocycles. The zero-order valence-electron chi connectivity index (χ0n) is 10.2. The molecule has 0 radical (unpaired) electrons. The molecule has 0 spiro atoms. The van der Waals surface area contributed by atoms with Crippen molar-refractivity contribution in [2.75, 3.05) is 5.75 Å². The summed E-state index contributed by atoms with van der Waals surface area (Å²) in [5, 5.41) is 7.84. The van der Waals surface area contributed by atoms with Crippen LogP contribution in [0.1, 0.15) is 11.3 Å². The van der Waals surface area contributed by atoms with Crippen LogP contribution in [0, 0.1) is 0 Å². The monoisotopic (exact) mass is 265 g/mol. The number of benzene rings is 1. The molecular weight excluding hydrogens is 250 g/mol. The smallest absolute Gasteiger partial charge is 0.156 e. The maximum atomic E-state index is 11.9. The van der Waals surface area contributed by atoms with Gasteiger partial charge in [0, 0.05) is 7.05 Å². The van der Waals surface area contributed by atoms with Crippen molar-refractivity contribution in [3.05, 3.63) is 47.8 Å². The molecule has 0 atom stereocenters. The number of nitrogens with zero attached hydrogens (tertiary/aromatic N) is 3. The molecular formula is C12H15N3O2S. The summed E-state index contributed by atoms with van der Waals surface area (Å²) in [7, 11) is -1.47. The summed E-state index contributed by atoms with van der Waals surface area (Å²) in [5.74, 6) is 0.0846. The van der Waals surface area contributed by atoms with Crippen LogP contribution < -0.4 is 0 Å². The molecule has 0 bridgehead atoms. The van der Waals surface area contributed by atoms with Crippen molar-refractivity contribution in [3.8, 4) is 0 Å². The van der Waals surface area contributed by atoms with Gasteiger partial charge in [0.2, 0.25) is 0 Å². The summed E-state index contributed by atoms with van der Waals surface area (Å²) >= 11 is 0. The Morgan fingerprint density at radius 2 is 1.94 bits per heavy atom. The van der Waals surface area contributed by atoms with Crippen molar-refractivity contribution >= 4 is 9.84 Å². The summed E-state index contributed by atoms with van der Waals surface area (Å²) in [6, 6.07) is 9.59. The SMILES string of the molecule is Cn1ncc(CS(=O)(=O)CCc2ccccc2)n1. The second-order valence-corrected chi connectivity index (χ2v) is 6.34. The lowest BCUT2D eigenvalue weighted by atomic mass is 10.2. The van der Waals surface area contributed by atoms with E-state index in [4.69, 9.17) is 0 Å². The summed E-state index contributed by atoms with van der Waals surface area (Å²) in [4.78, 5) is 1.36. The van der Waals surface area contributed by atoms with Gasteiger partial charge in [0.1, 0.15) is 0 Å². The number of aromatic nitrogens is 3. The highest BCUT2D eigenvalue weighted by Gasteiger charge is 2.14. The van der Waals surface area contributed by atoms with Crippen LogP contribution in [0.15, 0.2) is 36.5 Å². The van der Waals surface area contributed by atoms with E-state index >= 15 is 0 Å². The standard InChI is InChI=1S/C12H15N3O2S/c1-15-13-9-12(14-15)10-18(16,17)8-7-11-5-3-2-4-6-11/h2-6,9H,7-8,10H2,1H3. The van der Waals surface area contributed by atoms with Crippen LogP contribution in [-0.2, 0) is 29.1 Å². The first-order valence-corrected chi connectivity index (χ1v) is 7.47. The molecule has 2 aromatic rings. The first-order valence-electron chi connectivity index (χ1n) is 5.65. The predicted molar refractivity (Wildman–Crippen MR) is 68.6 cm³/mol. The fourth-order valence-corrected chi connectivity index (χ4v) is 2.94. The van der Waals surface area contributed by atoms with Crippen LogP contribution >= 0.6 is 0 Å². The van der Waals surface area contributed by atoms with E-state index in [1.807, 2.05) is 30.3 Å². The van der Waals surface area contributed by atoms with Crippen LogP contribution in [0.25, 0.3) is 0 Å². The van der Waals surface area contributed by atoms with E-state index in [0.29, 0.717) is 12.1 Å². The summed E-state index contributed by atoms with van der Waals surface area (Å²) < 4.78 is 23.8. The molecule has 0 saturated heterocycles. The Bertz CT molecular complexity index is 605. The lowest BCUT2D eigenvalue weighted by molar-refractivity contribution is 0.592. The highest BCUT2D eigenvalue weighted by atomic mass is 32.2. The Morgan fingerprint density at radius 3 is 2.56 bits per heavy atom. The lowest BCUT2D eigenvalue weighted by Gasteiger charge is -2.02. The number of sulfone groups is 1. The molecule has 96 valence electrons. The average molecular weight is 265 g/mol. The first kappa shape index (κ1) is 12.8. The predicted octanol–water partition coefficient (Wildman–Crippen LogP) is 0.973. The lowest BCUT2D eigenvalue weighted by Crippen LogP contribution is -2.12. The fourth-order valence-electron chi connectivity index (χ4n) is 1.67. The molecule has 0 amide bonds. The number of aryl methyl sites for hydroxylation is 2. The van der Waals surface area contributed by atoms with Crippen molar-refractivity contribution in [3.63, 3.8) is 0 Å². The molecule has 0 aliphatic heterocycles. The van der Waals surface area contributed by atoms with E-state index in [9.17, 15) is 8.42 Å². The third kappa shape index (κ3) is 3.66. The molecule has 2 rings (SSSR count). The largest absolute Gasteiger partial charge is 0.228 e. The van der Waals surface area contributed by atoms with E-state index in [1.165, 1.54) is 11.0 Å². The molecule has 18 heavy (non-hydrogen) atoms. The molecule has 0 N–H and O–H groups in total. The molecule has 0 fully saturated rings. The Hall–Kier alpha value is -1.69. The summed E-state index contributed by atoms with van der Waals surface area (Å²) in [6.45, 7) is 0. The van der Waals surface area contributed by atoms with Gasteiger partial charge in [-0.1, -0.05) is 30.3 Å². The normalized spacial score (nSPS) is 11.6. The van der Waals surface area contributed by atoms with Crippen molar-refractivity contribution < 1.29 is 8.42 Å². The summed E-state index contributed by atoms with van der Waals surface area (Å²) in [5.41, 5.74) is 1.52. The zero-order valence-corrected chi connectivity index (χ0v) is 11.0. The van der Waals surface area contributed by atoms with Gasteiger partial charge in [0.25, 0.3) is 0 Å². The zero-order chi connectivity index (χ0) is 13.0. The third-order valence-corrected chi connectivity index (χ3v) is 4.12. The van der Waals surface area contributed by atoms with Crippen LogP contribution in [0.2, 0.25) is 0 Å². The van der Waals surface area contributed by atoms with Crippen molar-refractivity contribution in [2.45, 2.75) is 12.2 Å². The molecule has 0 saturated carbocycles. The topological polar surface area (TPSA) is 64.8 Å². The van der Waals surface area contributed by atoms with E-state index < -0.39 is 9.84 Å². The van der Waals surface area contributed by atoms with Crippen molar-refractivity contribution in [2.24, 2.45) is 7.05 Å². The average Bonchev–Trinajstić information content (AvgIpc) is 2.73. The Morgan fingerprint density at radius 1 is 1.22 bits per heavy atom. The van der Waals surface area contributed by atoms with Crippen molar-refractivity contribution in [1.82, 2.24) is 15.0 Å². The molecule has 0 aliphatic rings. The van der Waals surface area contributed by atoms with Gasteiger partial charge in [-0.15, -0.1) is 0 Å². The van der Waals surface area contributed by atoms with Gasteiger partial charge in [0.15, 0.2) is 9.84 Å². The number of hydrogen-bond donors (Lipinski definition) is 0. The Labute approximate surface area is 106 Å². The number of rotatable bonds is 5. The molecule has 1 heterocycles. The molecule has 5 nitrogen and oxygen atoms in total. The van der Waals surface area contributed by atoms with Gasteiger partial charge in [-0.2, -0.15) is 15.0 Å². The first-order chi connectivity index (χ1) is 8.55. The second kappa shape index (κ2) is 5.30. The fraction of sp³-hybridized carbons (Fsp3) is 0.333. The Balaban J connectivity index is 1.96. The maximum absolute atomic E-state index is 11.9. The molecule has 0 aliphatic carbocycles. The highest BCUT2D eigenvalue weighted by molar-refractivity contribution is 7.90. The van der Waals surface area contributed by atoms with Crippen LogP contribution in [-0.4, -0.2) is 29.2 Å². The number of hydrogen-bond acceptors (Lipinski definition) is 4. The van der Waals surface area contributed by atoms with E-state index in [-0.39, 0.29) is 11.5 Å². The van der Waals surface area contributed by atoms with Gasteiger partial charge >= 0.3 is 0 Å². The van der Waals surface area contributed by atoms with Gasteiger partial charge in [-0.05, 0) is 12.0 Å². The van der Waals surface area contributed by atoms with E-state index in [2.05, 4.69) is 10.2 Å². The van der Waals surface area contributed by atoms with Crippen LogP contribution in [0.5, 0.6) is 0 Å². The maximum Gasteiger partial charge on any atom is 0.156 e. The van der Waals surface area contributed by atoms with Gasteiger partial charge < -0.3 is 0 Å². The quantitative estimate of drug-likeness (QED) is 0.808. The molecule has 6 heteroatoms. The molecule has 1 aromatic carbocycles. The minimum absolute atomic E-state index is 0.0479. The van der Waals surface area contributed by atoms with E-state index in [0.717, 1.165) is 5.56 Å². The second-order valence-electron chi connectivity index (χ2n) is 4.15. The van der Waals surface area contributed by atoms with Gasteiger partial charge in [-0.25, -0.2) is 8.42 Å². The van der Waals surface area contributed by atoms with Crippen LogP contribution in [0.3, 0.4) is 0 Å². The summed E-state index contributed by atoms with van der Waals surface area (Å²) in [6.07, 6.45) is 2.02. The minimum Gasteiger partial charge on any atom is -0.228 e.